The van der Waals surface area contributed by atoms with Gasteiger partial charge in [-0.25, -0.2) is 4.79 Å². The van der Waals surface area contributed by atoms with Gasteiger partial charge >= 0.3 is 5.97 Å². The first-order chi connectivity index (χ1) is 7.93. The van der Waals surface area contributed by atoms with Gasteiger partial charge in [0.2, 0.25) is 0 Å². The van der Waals surface area contributed by atoms with Crippen LogP contribution in [0.5, 0.6) is 0 Å². The summed E-state index contributed by atoms with van der Waals surface area (Å²) in [7, 11) is 0. The number of hydroxylamine groups is 1. The number of hydrogen-bond acceptors (Lipinski definition) is 4. The third-order valence-corrected chi connectivity index (χ3v) is 2.56. The minimum absolute atomic E-state index is 0.110. The van der Waals surface area contributed by atoms with E-state index in [0.29, 0.717) is 0 Å². The Hall–Kier alpha value is -2.05. The monoisotopic (exact) mass is 236 g/mol. The number of para-hydroxylation sites is 1. The predicted molar refractivity (Wildman–Crippen MR) is 60.8 cm³/mol. The van der Waals surface area contributed by atoms with E-state index in [1.54, 1.807) is 24.3 Å². The summed E-state index contributed by atoms with van der Waals surface area (Å²) in [4.78, 5) is 13.6. The molecule has 0 aliphatic heterocycles. The van der Waals surface area contributed by atoms with Crippen LogP contribution in [0, 0.1) is 0 Å². The zero-order valence-electron chi connectivity index (χ0n) is 9.08. The van der Waals surface area contributed by atoms with Gasteiger partial charge in [-0.15, -0.1) is 0 Å². The van der Waals surface area contributed by atoms with E-state index < -0.39 is 11.7 Å². The molecule has 90 valence electrons. The van der Waals surface area contributed by atoms with Gasteiger partial charge in [-0.3, -0.25) is 5.21 Å². The molecule has 1 heterocycles. The summed E-state index contributed by atoms with van der Waals surface area (Å²) in [6.45, 7) is 0.987. The van der Waals surface area contributed by atoms with E-state index in [4.69, 9.17) is 5.11 Å². The summed E-state index contributed by atoms with van der Waals surface area (Å²) >= 11 is 0. The van der Waals surface area contributed by atoms with E-state index in [1.807, 2.05) is 6.07 Å². The molecule has 6 heteroatoms. The molecule has 4 N–H and O–H groups in total. The fraction of sp³-hybridized carbons (Fsp3) is 0.182. The topological polar surface area (TPSA) is 96.8 Å². The number of anilines is 1. The smallest absolute Gasteiger partial charge is 0.359 e. The second-order valence-electron chi connectivity index (χ2n) is 3.88. The molecule has 2 aromatic rings. The van der Waals surface area contributed by atoms with E-state index in [9.17, 15) is 15.1 Å². The average Bonchev–Trinajstić information content (AvgIpc) is 2.70. The van der Waals surface area contributed by atoms with E-state index in [-0.39, 0.29) is 10.9 Å². The average molecular weight is 236 g/mol. The molecule has 0 saturated heterocycles. The van der Waals surface area contributed by atoms with Crippen molar-refractivity contribution in [3.63, 3.8) is 0 Å². The van der Waals surface area contributed by atoms with Crippen molar-refractivity contribution >= 4 is 22.7 Å². The standard InChI is InChI=1S/C11H12N2O4/c1-11(16,10(14)15)13(17)9-6-7-4-2-3-5-8(7)12-9/h2-6,12,16-17H,1H3,(H,14,15)/t11-/m1/s1. The van der Waals surface area contributed by atoms with E-state index in [2.05, 4.69) is 4.98 Å². The van der Waals surface area contributed by atoms with Gasteiger partial charge < -0.3 is 15.2 Å². The van der Waals surface area contributed by atoms with E-state index in [1.165, 1.54) is 0 Å². The van der Waals surface area contributed by atoms with Crippen LogP contribution in [-0.2, 0) is 4.79 Å². The molecular weight excluding hydrogens is 224 g/mol. The minimum Gasteiger partial charge on any atom is -0.478 e. The Bertz CT molecular complexity index is 528. The molecule has 0 aliphatic carbocycles. The van der Waals surface area contributed by atoms with Gasteiger partial charge in [-0.1, -0.05) is 18.2 Å². The lowest BCUT2D eigenvalue weighted by molar-refractivity contribution is -0.163. The highest BCUT2D eigenvalue weighted by Crippen LogP contribution is 2.24. The van der Waals surface area contributed by atoms with Crippen molar-refractivity contribution in [1.82, 2.24) is 4.98 Å². The lowest BCUT2D eigenvalue weighted by atomic mass is 10.2. The molecule has 6 nitrogen and oxygen atoms in total. The molecule has 0 spiro atoms. The first-order valence-electron chi connectivity index (χ1n) is 4.95. The fourth-order valence-electron chi connectivity index (χ4n) is 1.50. The molecule has 0 unspecified atom stereocenters. The molecule has 2 rings (SSSR count). The third-order valence-electron chi connectivity index (χ3n) is 2.56. The zero-order chi connectivity index (χ0) is 12.6. The molecule has 0 amide bonds. The van der Waals surface area contributed by atoms with Crippen LogP contribution >= 0.6 is 0 Å². The first kappa shape index (κ1) is 11.4. The van der Waals surface area contributed by atoms with Crippen molar-refractivity contribution in [2.75, 3.05) is 5.06 Å². The van der Waals surface area contributed by atoms with Crippen LogP contribution in [0.25, 0.3) is 10.9 Å². The Kier molecular flexibility index (Phi) is 2.53. The number of aromatic amines is 1. The summed E-state index contributed by atoms with van der Waals surface area (Å²) in [5, 5.41) is 29.2. The van der Waals surface area contributed by atoms with E-state index >= 15 is 0 Å². The second-order valence-corrected chi connectivity index (χ2v) is 3.88. The minimum atomic E-state index is -2.39. The van der Waals surface area contributed by atoms with Crippen molar-refractivity contribution in [2.24, 2.45) is 0 Å². The van der Waals surface area contributed by atoms with Crippen molar-refractivity contribution in [3.8, 4) is 0 Å². The summed E-state index contributed by atoms with van der Waals surface area (Å²) in [5.41, 5.74) is -1.65. The lowest BCUT2D eigenvalue weighted by Gasteiger charge is -2.27. The molecule has 0 aliphatic rings. The van der Waals surface area contributed by atoms with Crippen LogP contribution < -0.4 is 5.06 Å². The summed E-state index contributed by atoms with van der Waals surface area (Å²) in [5.74, 6) is -1.43. The van der Waals surface area contributed by atoms with Gasteiger partial charge in [-0.2, -0.15) is 5.06 Å². The maximum Gasteiger partial charge on any atom is 0.359 e. The van der Waals surface area contributed by atoms with Crippen molar-refractivity contribution in [3.05, 3.63) is 30.3 Å². The number of fused-ring (bicyclic) bond motifs is 1. The fourth-order valence-corrected chi connectivity index (χ4v) is 1.50. The maximum absolute atomic E-state index is 10.8. The number of rotatable bonds is 3. The number of aliphatic hydroxyl groups is 1. The third kappa shape index (κ3) is 1.83. The number of nitrogens with one attached hydrogen (secondary N) is 1. The normalized spacial score (nSPS) is 14.5. The Morgan fingerprint density at radius 1 is 1.41 bits per heavy atom. The molecule has 1 aromatic heterocycles. The highest BCUT2D eigenvalue weighted by molar-refractivity contribution is 5.86. The molecule has 1 aromatic carbocycles. The van der Waals surface area contributed by atoms with Gasteiger partial charge in [0.05, 0.1) is 0 Å². The molecule has 17 heavy (non-hydrogen) atoms. The number of benzene rings is 1. The summed E-state index contributed by atoms with van der Waals surface area (Å²) in [6, 6.07) is 8.75. The van der Waals surface area contributed by atoms with Crippen molar-refractivity contribution in [1.29, 1.82) is 0 Å². The van der Waals surface area contributed by atoms with Gasteiger partial charge in [0.15, 0.2) is 0 Å². The van der Waals surface area contributed by atoms with Crippen LogP contribution in [0.4, 0.5) is 5.82 Å². The number of carboxylic acid groups (broad SMARTS) is 1. The van der Waals surface area contributed by atoms with Gasteiger partial charge in [0, 0.05) is 10.9 Å². The van der Waals surface area contributed by atoms with Crippen LogP contribution in [0.15, 0.2) is 30.3 Å². The SMILES string of the molecule is C[C@@](O)(C(=O)O)N(O)c1cc2ccccc2[nH]1. The Morgan fingerprint density at radius 3 is 2.65 bits per heavy atom. The molecule has 0 bridgehead atoms. The maximum atomic E-state index is 10.8. The zero-order valence-corrected chi connectivity index (χ0v) is 9.08. The Labute approximate surface area is 96.7 Å². The summed E-state index contributed by atoms with van der Waals surface area (Å²) < 4.78 is 0. The lowest BCUT2D eigenvalue weighted by Crippen LogP contribution is -2.51. The second kappa shape index (κ2) is 3.76. The van der Waals surface area contributed by atoms with Crippen LogP contribution in [0.1, 0.15) is 6.92 Å². The highest BCUT2D eigenvalue weighted by Gasteiger charge is 2.38. The van der Waals surface area contributed by atoms with Crippen molar-refractivity contribution in [2.45, 2.75) is 12.6 Å². The quantitative estimate of drug-likeness (QED) is 0.473. The largest absolute Gasteiger partial charge is 0.478 e. The number of carbonyl (C=O) groups is 1. The number of H-pyrrole nitrogens is 1. The summed E-state index contributed by atoms with van der Waals surface area (Å²) in [6.07, 6.45) is 0. The molecule has 0 radical (unpaired) electrons. The Morgan fingerprint density at radius 2 is 2.06 bits per heavy atom. The van der Waals surface area contributed by atoms with Gasteiger partial charge in [-0.05, 0) is 19.1 Å². The molecule has 0 fully saturated rings. The molecule has 1 atom stereocenters. The van der Waals surface area contributed by atoms with Crippen LogP contribution in [0.3, 0.4) is 0 Å². The first-order valence-corrected chi connectivity index (χ1v) is 4.95. The number of carboxylic acids is 1. The number of aromatic nitrogens is 1. The number of aliphatic carboxylic acids is 1. The highest BCUT2D eigenvalue weighted by atomic mass is 16.6. The van der Waals surface area contributed by atoms with Gasteiger partial charge in [0.25, 0.3) is 5.72 Å². The Balaban J connectivity index is 2.43. The molecule has 0 saturated carbocycles. The number of nitrogens with zero attached hydrogens (tertiary/aromatic N) is 1. The number of hydrogen-bond donors (Lipinski definition) is 4. The van der Waals surface area contributed by atoms with Gasteiger partial charge in [0.1, 0.15) is 5.82 Å². The molecular formula is C11H12N2O4. The van der Waals surface area contributed by atoms with Crippen LogP contribution in [-0.4, -0.2) is 32.1 Å². The van der Waals surface area contributed by atoms with Crippen molar-refractivity contribution < 1.29 is 20.2 Å². The van der Waals surface area contributed by atoms with E-state index in [0.717, 1.165) is 17.8 Å². The van der Waals surface area contributed by atoms with Crippen LogP contribution in [0.2, 0.25) is 0 Å². The predicted octanol–water partition coefficient (Wildman–Crippen LogP) is 1.16.